The van der Waals surface area contributed by atoms with Gasteiger partial charge in [0, 0.05) is 5.92 Å². The zero-order valence-electron chi connectivity index (χ0n) is 7.34. The first kappa shape index (κ1) is 9.92. The summed E-state index contributed by atoms with van der Waals surface area (Å²) in [5, 5.41) is 27.7. The van der Waals surface area contributed by atoms with Crippen LogP contribution in [0.2, 0.25) is 0 Å². The molecule has 4 heteroatoms. The van der Waals surface area contributed by atoms with Crippen molar-refractivity contribution in [2.45, 2.75) is 38.3 Å². The molecule has 12 heavy (non-hydrogen) atoms. The van der Waals surface area contributed by atoms with Gasteiger partial charge in [-0.3, -0.25) is 0 Å². The smallest absolute Gasteiger partial charge is 0.109 e. The summed E-state index contributed by atoms with van der Waals surface area (Å²) in [7, 11) is 0. The van der Waals surface area contributed by atoms with Gasteiger partial charge in [-0.1, -0.05) is 6.92 Å². The van der Waals surface area contributed by atoms with E-state index in [-0.39, 0.29) is 18.6 Å². The second-order valence-corrected chi connectivity index (χ2v) is 3.40. The van der Waals surface area contributed by atoms with Gasteiger partial charge in [0.1, 0.15) is 12.2 Å². The Morgan fingerprint density at radius 3 is 2.25 bits per heavy atom. The molecule has 4 nitrogen and oxygen atoms in total. The van der Waals surface area contributed by atoms with E-state index in [2.05, 4.69) is 0 Å². The summed E-state index contributed by atoms with van der Waals surface area (Å²) in [6.45, 7) is 3.38. The summed E-state index contributed by atoms with van der Waals surface area (Å²) in [5.74, 6) is -0.0946. The van der Waals surface area contributed by atoms with E-state index in [0.29, 0.717) is 0 Å². The molecular formula is C8H16O4. The van der Waals surface area contributed by atoms with E-state index in [4.69, 9.17) is 9.84 Å². The summed E-state index contributed by atoms with van der Waals surface area (Å²) in [5.41, 5.74) is 0. The fourth-order valence-electron chi connectivity index (χ4n) is 1.44. The van der Waals surface area contributed by atoms with E-state index in [1.165, 1.54) is 0 Å². The van der Waals surface area contributed by atoms with Crippen LogP contribution in [0.3, 0.4) is 0 Å². The van der Waals surface area contributed by atoms with Crippen LogP contribution in [0.4, 0.5) is 0 Å². The Labute approximate surface area is 71.8 Å². The highest BCUT2D eigenvalue weighted by Crippen LogP contribution is 2.25. The Hall–Kier alpha value is -0.160. The molecule has 3 N–H and O–H groups in total. The molecule has 1 aliphatic heterocycles. The van der Waals surface area contributed by atoms with Crippen molar-refractivity contribution >= 4 is 0 Å². The Morgan fingerprint density at radius 2 is 1.75 bits per heavy atom. The average molecular weight is 176 g/mol. The van der Waals surface area contributed by atoms with Crippen LogP contribution < -0.4 is 0 Å². The molecule has 1 rings (SSSR count). The van der Waals surface area contributed by atoms with Crippen LogP contribution in [0.5, 0.6) is 0 Å². The number of ether oxygens (including phenoxy) is 1. The summed E-state index contributed by atoms with van der Waals surface area (Å²) in [6.07, 6.45) is -2.54. The first-order valence-electron chi connectivity index (χ1n) is 4.20. The Morgan fingerprint density at radius 1 is 1.17 bits per heavy atom. The second-order valence-electron chi connectivity index (χ2n) is 3.40. The second kappa shape index (κ2) is 3.70. The fourth-order valence-corrected chi connectivity index (χ4v) is 1.44. The van der Waals surface area contributed by atoms with Crippen molar-refractivity contribution in [3.05, 3.63) is 0 Å². The van der Waals surface area contributed by atoms with Gasteiger partial charge < -0.3 is 20.1 Å². The minimum absolute atomic E-state index is 0.0946. The molecule has 0 saturated carbocycles. The lowest BCUT2D eigenvalue weighted by atomic mass is 9.89. The molecule has 0 spiro atoms. The van der Waals surface area contributed by atoms with Crippen molar-refractivity contribution in [2.75, 3.05) is 6.61 Å². The molecule has 1 aliphatic rings. The van der Waals surface area contributed by atoms with Crippen molar-refractivity contribution in [1.82, 2.24) is 0 Å². The molecule has 0 aromatic carbocycles. The lowest BCUT2D eigenvalue weighted by molar-refractivity contribution is -0.200. The molecule has 0 aliphatic carbocycles. The van der Waals surface area contributed by atoms with E-state index >= 15 is 0 Å². The molecule has 1 fully saturated rings. The molecule has 0 aromatic rings. The molecule has 0 aromatic heterocycles. The highest BCUT2D eigenvalue weighted by molar-refractivity contribution is 4.87. The predicted octanol–water partition coefficient (Wildman–Crippen LogP) is -0.876. The van der Waals surface area contributed by atoms with E-state index in [9.17, 15) is 10.2 Å². The summed E-state index contributed by atoms with van der Waals surface area (Å²) in [4.78, 5) is 0. The Kier molecular flexibility index (Phi) is 3.06. The van der Waals surface area contributed by atoms with E-state index < -0.39 is 18.3 Å². The minimum Gasteiger partial charge on any atom is -0.394 e. The van der Waals surface area contributed by atoms with Crippen LogP contribution in [0, 0.1) is 5.92 Å². The highest BCUT2D eigenvalue weighted by atomic mass is 16.5. The lowest BCUT2D eigenvalue weighted by Crippen LogP contribution is -2.53. The minimum atomic E-state index is -0.971. The summed E-state index contributed by atoms with van der Waals surface area (Å²) >= 11 is 0. The topological polar surface area (TPSA) is 69.9 Å². The normalized spacial score (nSPS) is 49.2. The van der Waals surface area contributed by atoms with Gasteiger partial charge in [0.2, 0.25) is 0 Å². The number of rotatable bonds is 1. The van der Waals surface area contributed by atoms with Gasteiger partial charge in [-0.25, -0.2) is 0 Å². The number of hydrogen-bond donors (Lipinski definition) is 3. The number of aliphatic hydroxyl groups is 3. The van der Waals surface area contributed by atoms with E-state index in [1.54, 1.807) is 0 Å². The molecule has 0 bridgehead atoms. The molecule has 1 saturated heterocycles. The molecular weight excluding hydrogens is 160 g/mol. The third-order valence-electron chi connectivity index (χ3n) is 2.58. The fraction of sp³-hybridized carbons (Fsp3) is 1.00. The summed E-state index contributed by atoms with van der Waals surface area (Å²) in [6, 6.07) is 0. The standard InChI is InChI=1S/C8H16O4/c1-4-5(2)12-6(3-9)8(11)7(4)10/h4-11H,3H2,1-2H3/t4-,5?,6+,7-,8+/m0/s1. The Bertz CT molecular complexity index is 145. The predicted molar refractivity (Wildman–Crippen MR) is 42.6 cm³/mol. The van der Waals surface area contributed by atoms with Gasteiger partial charge in [0.25, 0.3) is 0 Å². The van der Waals surface area contributed by atoms with Crippen molar-refractivity contribution in [1.29, 1.82) is 0 Å². The molecule has 0 radical (unpaired) electrons. The van der Waals surface area contributed by atoms with Gasteiger partial charge in [0.05, 0.1) is 18.8 Å². The monoisotopic (exact) mass is 176 g/mol. The zero-order chi connectivity index (χ0) is 9.30. The van der Waals surface area contributed by atoms with Crippen LogP contribution in [0.1, 0.15) is 13.8 Å². The van der Waals surface area contributed by atoms with Crippen LogP contribution >= 0.6 is 0 Å². The maximum Gasteiger partial charge on any atom is 0.109 e. The van der Waals surface area contributed by atoms with Gasteiger partial charge in [0.15, 0.2) is 0 Å². The maximum absolute atomic E-state index is 9.48. The Balaban J connectivity index is 2.63. The number of aliphatic hydroxyl groups excluding tert-OH is 3. The summed E-state index contributed by atoms with van der Waals surface area (Å²) < 4.78 is 5.27. The van der Waals surface area contributed by atoms with Gasteiger partial charge in [-0.2, -0.15) is 0 Å². The van der Waals surface area contributed by atoms with Gasteiger partial charge in [-0.15, -0.1) is 0 Å². The SMILES string of the molecule is CC1O[C@H](CO)[C@@H](O)[C@@H](O)[C@H]1C. The van der Waals surface area contributed by atoms with E-state index in [0.717, 1.165) is 0 Å². The average Bonchev–Trinajstić information content (AvgIpc) is 2.08. The van der Waals surface area contributed by atoms with Crippen LogP contribution in [0.25, 0.3) is 0 Å². The highest BCUT2D eigenvalue weighted by Gasteiger charge is 2.39. The van der Waals surface area contributed by atoms with Gasteiger partial charge in [-0.05, 0) is 6.92 Å². The molecule has 5 atom stereocenters. The molecule has 1 unspecified atom stereocenters. The molecule has 0 amide bonds. The van der Waals surface area contributed by atoms with Gasteiger partial charge >= 0.3 is 0 Å². The van der Waals surface area contributed by atoms with Crippen molar-refractivity contribution in [2.24, 2.45) is 5.92 Å². The first-order chi connectivity index (χ1) is 5.57. The maximum atomic E-state index is 9.48. The molecule has 72 valence electrons. The van der Waals surface area contributed by atoms with E-state index in [1.807, 2.05) is 13.8 Å². The number of hydrogen-bond acceptors (Lipinski definition) is 4. The largest absolute Gasteiger partial charge is 0.394 e. The first-order valence-corrected chi connectivity index (χ1v) is 4.20. The van der Waals surface area contributed by atoms with Crippen LogP contribution in [0.15, 0.2) is 0 Å². The third-order valence-corrected chi connectivity index (χ3v) is 2.58. The molecule has 1 heterocycles. The van der Waals surface area contributed by atoms with Crippen LogP contribution in [-0.2, 0) is 4.74 Å². The lowest BCUT2D eigenvalue weighted by Gasteiger charge is -2.39. The quantitative estimate of drug-likeness (QED) is 0.485. The van der Waals surface area contributed by atoms with Crippen molar-refractivity contribution in [3.63, 3.8) is 0 Å². The van der Waals surface area contributed by atoms with Crippen LogP contribution in [-0.4, -0.2) is 46.3 Å². The third kappa shape index (κ3) is 1.61. The zero-order valence-corrected chi connectivity index (χ0v) is 7.34. The van der Waals surface area contributed by atoms with Crippen molar-refractivity contribution in [3.8, 4) is 0 Å². The van der Waals surface area contributed by atoms with Crippen molar-refractivity contribution < 1.29 is 20.1 Å².